The summed E-state index contributed by atoms with van der Waals surface area (Å²) in [6, 6.07) is 2.88. The smallest absolute Gasteiger partial charge is 0.254 e. The van der Waals surface area contributed by atoms with E-state index in [1.165, 1.54) is 0 Å². The fraction of sp³-hybridized carbons (Fsp3) is 0.556. The van der Waals surface area contributed by atoms with Gasteiger partial charge in [0.05, 0.1) is 5.02 Å². The van der Waals surface area contributed by atoms with Gasteiger partial charge >= 0.3 is 0 Å². The predicted octanol–water partition coefficient (Wildman–Crippen LogP) is 2.69. The molecule has 2 amide bonds. The molecule has 0 saturated carbocycles. The number of benzene rings is 1. The van der Waals surface area contributed by atoms with Crippen LogP contribution in [0.1, 0.15) is 42.5 Å². The second kappa shape index (κ2) is 6.75. The van der Waals surface area contributed by atoms with Gasteiger partial charge < -0.3 is 19.3 Å². The van der Waals surface area contributed by atoms with Gasteiger partial charge in [-0.3, -0.25) is 9.59 Å². The predicted molar refractivity (Wildman–Crippen MR) is 92.1 cm³/mol. The molecule has 6 nitrogen and oxygen atoms in total. The zero-order valence-electron chi connectivity index (χ0n) is 14.0. The monoisotopic (exact) mass is 364 g/mol. The van der Waals surface area contributed by atoms with Crippen molar-refractivity contribution in [1.29, 1.82) is 0 Å². The summed E-state index contributed by atoms with van der Waals surface area (Å²) in [4.78, 5) is 29.5. The van der Waals surface area contributed by atoms with E-state index in [0.717, 1.165) is 45.2 Å². The van der Waals surface area contributed by atoms with Crippen LogP contribution in [-0.2, 0) is 4.79 Å². The molecule has 25 heavy (non-hydrogen) atoms. The molecular formula is C18H21ClN2O4. The lowest BCUT2D eigenvalue weighted by Crippen LogP contribution is -2.52. The maximum Gasteiger partial charge on any atom is 0.254 e. The first kappa shape index (κ1) is 16.5. The van der Waals surface area contributed by atoms with E-state index >= 15 is 0 Å². The molecule has 3 heterocycles. The fourth-order valence-electron chi connectivity index (χ4n) is 3.84. The first-order chi connectivity index (χ1) is 12.1. The largest absolute Gasteiger partial charge is 0.454 e. The summed E-state index contributed by atoms with van der Waals surface area (Å²) in [5, 5.41) is 0.359. The fourth-order valence-corrected chi connectivity index (χ4v) is 4.10. The number of amides is 2. The van der Waals surface area contributed by atoms with Crippen molar-refractivity contribution in [2.75, 3.05) is 26.4 Å². The van der Waals surface area contributed by atoms with Crippen LogP contribution in [0.4, 0.5) is 0 Å². The average molecular weight is 365 g/mol. The second-order valence-corrected chi connectivity index (χ2v) is 7.14. The van der Waals surface area contributed by atoms with Gasteiger partial charge in [-0.05, 0) is 44.2 Å². The Hall–Kier alpha value is -1.95. The highest BCUT2D eigenvalue weighted by molar-refractivity contribution is 6.32. The molecule has 7 heteroatoms. The second-order valence-electron chi connectivity index (χ2n) is 6.73. The van der Waals surface area contributed by atoms with Crippen LogP contribution in [0.5, 0.6) is 11.5 Å². The van der Waals surface area contributed by atoms with Crippen LogP contribution < -0.4 is 9.47 Å². The first-order valence-corrected chi connectivity index (χ1v) is 9.22. The lowest BCUT2D eigenvalue weighted by molar-refractivity contribution is -0.136. The number of ether oxygens (including phenoxy) is 2. The minimum atomic E-state index is -0.372. The number of halogens is 1. The Kier molecular flexibility index (Phi) is 4.46. The van der Waals surface area contributed by atoms with Crippen molar-refractivity contribution >= 4 is 23.4 Å². The summed E-state index contributed by atoms with van der Waals surface area (Å²) in [6.07, 6.45) is 4.69. The Morgan fingerprint density at radius 3 is 2.60 bits per heavy atom. The van der Waals surface area contributed by atoms with Crippen molar-refractivity contribution in [1.82, 2.24) is 9.80 Å². The van der Waals surface area contributed by atoms with E-state index in [1.54, 1.807) is 17.0 Å². The summed E-state index contributed by atoms with van der Waals surface area (Å²) in [7, 11) is 0. The van der Waals surface area contributed by atoms with Crippen LogP contribution in [0.3, 0.4) is 0 Å². The van der Waals surface area contributed by atoms with Gasteiger partial charge in [0.25, 0.3) is 5.91 Å². The number of hydrogen-bond acceptors (Lipinski definition) is 4. The summed E-state index contributed by atoms with van der Waals surface area (Å²) in [5.74, 6) is 0.867. The van der Waals surface area contributed by atoms with E-state index in [1.807, 2.05) is 4.90 Å². The Bertz CT molecular complexity index is 703. The Balaban J connectivity index is 1.59. The van der Waals surface area contributed by atoms with Crippen LogP contribution in [0.25, 0.3) is 0 Å². The number of likely N-dealkylation sites (tertiary alicyclic amines) is 2. The molecule has 0 aliphatic carbocycles. The number of carbonyl (C=O) groups excluding carboxylic acids is 2. The van der Waals surface area contributed by atoms with Crippen molar-refractivity contribution in [2.45, 2.75) is 38.1 Å². The van der Waals surface area contributed by atoms with Gasteiger partial charge in [-0.15, -0.1) is 0 Å². The number of fused-ring (bicyclic) bond motifs is 1. The molecule has 1 atom stereocenters. The van der Waals surface area contributed by atoms with E-state index in [0.29, 0.717) is 28.6 Å². The molecule has 4 rings (SSSR count). The molecule has 3 aliphatic rings. The molecule has 1 aromatic rings. The molecule has 0 radical (unpaired) electrons. The highest BCUT2D eigenvalue weighted by Gasteiger charge is 2.36. The van der Waals surface area contributed by atoms with E-state index in [4.69, 9.17) is 21.1 Å². The molecule has 2 fully saturated rings. The summed E-state index contributed by atoms with van der Waals surface area (Å²) in [5.41, 5.74) is 0.440. The zero-order valence-corrected chi connectivity index (χ0v) is 14.8. The van der Waals surface area contributed by atoms with E-state index in [9.17, 15) is 9.59 Å². The Morgan fingerprint density at radius 2 is 1.80 bits per heavy atom. The molecule has 1 aromatic carbocycles. The van der Waals surface area contributed by atoms with Gasteiger partial charge in [0.15, 0.2) is 11.5 Å². The number of carbonyl (C=O) groups is 2. The third kappa shape index (κ3) is 3.03. The van der Waals surface area contributed by atoms with Crippen molar-refractivity contribution < 1.29 is 19.1 Å². The molecule has 2 saturated heterocycles. The minimum Gasteiger partial charge on any atom is -0.454 e. The molecule has 1 unspecified atom stereocenters. The summed E-state index contributed by atoms with van der Waals surface area (Å²) >= 11 is 6.21. The molecule has 0 spiro atoms. The van der Waals surface area contributed by atoms with Crippen LogP contribution in [-0.4, -0.2) is 54.1 Å². The molecule has 0 bridgehead atoms. The van der Waals surface area contributed by atoms with E-state index in [2.05, 4.69) is 0 Å². The lowest BCUT2D eigenvalue weighted by Gasteiger charge is -2.36. The van der Waals surface area contributed by atoms with Crippen molar-refractivity contribution in [3.05, 3.63) is 22.7 Å². The van der Waals surface area contributed by atoms with Crippen molar-refractivity contribution in [2.24, 2.45) is 0 Å². The molecule has 3 aliphatic heterocycles. The minimum absolute atomic E-state index is 0.0809. The van der Waals surface area contributed by atoms with Gasteiger partial charge in [-0.25, -0.2) is 0 Å². The van der Waals surface area contributed by atoms with Crippen molar-refractivity contribution in [3.8, 4) is 11.5 Å². The molecular weight excluding hydrogens is 344 g/mol. The van der Waals surface area contributed by atoms with Gasteiger partial charge in [0, 0.05) is 25.2 Å². The molecule has 134 valence electrons. The van der Waals surface area contributed by atoms with Crippen LogP contribution >= 0.6 is 11.6 Å². The number of rotatable bonds is 2. The maximum absolute atomic E-state index is 13.1. The van der Waals surface area contributed by atoms with Gasteiger partial charge in [0.2, 0.25) is 12.7 Å². The van der Waals surface area contributed by atoms with Crippen LogP contribution in [0, 0.1) is 0 Å². The number of hydrogen-bond donors (Lipinski definition) is 0. The number of nitrogens with zero attached hydrogens (tertiary/aromatic N) is 2. The van der Waals surface area contributed by atoms with E-state index in [-0.39, 0.29) is 24.6 Å². The standard InChI is InChI=1S/C18H21ClN2O4/c19-13-9-12(10-15-16(13)25-11-24-15)17(22)21-8-2-1-5-14(21)18(23)20-6-3-4-7-20/h9-10,14H,1-8,11H2. The average Bonchev–Trinajstić information content (AvgIpc) is 3.32. The number of piperidine rings is 1. The third-order valence-corrected chi connectivity index (χ3v) is 5.42. The van der Waals surface area contributed by atoms with E-state index < -0.39 is 0 Å². The van der Waals surface area contributed by atoms with Gasteiger partial charge in [-0.2, -0.15) is 0 Å². The van der Waals surface area contributed by atoms with Crippen LogP contribution in [0.2, 0.25) is 5.02 Å². The first-order valence-electron chi connectivity index (χ1n) is 8.84. The zero-order chi connectivity index (χ0) is 17.4. The van der Waals surface area contributed by atoms with Gasteiger partial charge in [-0.1, -0.05) is 11.6 Å². The summed E-state index contributed by atoms with van der Waals surface area (Å²) < 4.78 is 10.7. The van der Waals surface area contributed by atoms with Crippen LogP contribution in [0.15, 0.2) is 12.1 Å². The highest BCUT2D eigenvalue weighted by atomic mass is 35.5. The lowest BCUT2D eigenvalue weighted by atomic mass is 9.99. The maximum atomic E-state index is 13.1. The normalized spacial score (nSPS) is 22.4. The quantitative estimate of drug-likeness (QED) is 0.809. The third-order valence-electron chi connectivity index (χ3n) is 5.14. The SMILES string of the molecule is O=C(C1CCCCN1C(=O)c1cc(Cl)c2c(c1)OCO2)N1CCCC1. The topological polar surface area (TPSA) is 59.1 Å². The van der Waals surface area contributed by atoms with Gasteiger partial charge in [0.1, 0.15) is 6.04 Å². The highest BCUT2D eigenvalue weighted by Crippen LogP contribution is 2.40. The van der Waals surface area contributed by atoms with Crippen molar-refractivity contribution in [3.63, 3.8) is 0 Å². The summed E-state index contributed by atoms with van der Waals surface area (Å²) in [6.45, 7) is 2.29. The molecule has 0 aromatic heterocycles. The Labute approximate surface area is 151 Å². The molecule has 0 N–H and O–H groups in total. The Morgan fingerprint density at radius 1 is 1.04 bits per heavy atom.